The first-order valence-corrected chi connectivity index (χ1v) is 11.9. The van der Waals surface area contributed by atoms with Gasteiger partial charge in [-0.25, -0.2) is 4.98 Å². The van der Waals surface area contributed by atoms with Crippen LogP contribution in [0.2, 0.25) is 0 Å². The molecule has 0 bridgehead atoms. The second-order valence-corrected chi connectivity index (χ2v) is 8.80. The number of fused-ring (bicyclic) bond motifs is 2. The first-order valence-electron chi connectivity index (χ1n) is 11.9. The number of piperazine rings is 1. The van der Waals surface area contributed by atoms with Crippen LogP contribution in [0, 0.1) is 0 Å². The van der Waals surface area contributed by atoms with Crippen molar-refractivity contribution in [2.75, 3.05) is 82.6 Å². The minimum atomic E-state index is 0.307. The summed E-state index contributed by atoms with van der Waals surface area (Å²) in [6.07, 6.45) is 1.68. The van der Waals surface area contributed by atoms with Crippen molar-refractivity contribution in [3.8, 4) is 11.5 Å². The minimum Gasteiger partial charge on any atom is -0.454 e. The average molecular weight is 467 g/mol. The van der Waals surface area contributed by atoms with Crippen molar-refractivity contribution >= 4 is 22.9 Å². The van der Waals surface area contributed by atoms with Gasteiger partial charge in [-0.1, -0.05) is 6.07 Å². The smallest absolute Gasteiger partial charge is 0.231 e. The third-order valence-electron chi connectivity index (χ3n) is 6.60. The topological polar surface area (TPSA) is 104 Å². The molecule has 2 aromatic heterocycles. The Morgan fingerprint density at radius 3 is 2.68 bits per heavy atom. The highest BCUT2D eigenvalue weighted by Crippen LogP contribution is 2.33. The van der Waals surface area contributed by atoms with Crippen LogP contribution >= 0.6 is 0 Å². The second-order valence-electron chi connectivity index (χ2n) is 8.80. The molecular formula is C23H30N8O3. The Kier molecular flexibility index (Phi) is 6.04. The van der Waals surface area contributed by atoms with Gasteiger partial charge in [-0.2, -0.15) is 9.97 Å². The highest BCUT2D eigenvalue weighted by atomic mass is 16.7. The Bertz CT molecular complexity index is 1120. The van der Waals surface area contributed by atoms with Crippen molar-refractivity contribution in [2.45, 2.75) is 6.54 Å². The fourth-order valence-corrected chi connectivity index (χ4v) is 4.65. The highest BCUT2D eigenvalue weighted by Gasteiger charge is 2.22. The Morgan fingerprint density at radius 2 is 1.79 bits per heavy atom. The number of aromatic nitrogens is 4. The predicted octanol–water partition coefficient (Wildman–Crippen LogP) is 1.15. The van der Waals surface area contributed by atoms with Gasteiger partial charge >= 0.3 is 0 Å². The number of aromatic amines is 1. The fourth-order valence-electron chi connectivity index (χ4n) is 4.65. The quantitative estimate of drug-likeness (QED) is 0.527. The monoisotopic (exact) mass is 466 g/mol. The molecule has 0 amide bonds. The summed E-state index contributed by atoms with van der Waals surface area (Å²) in [5, 5.41) is 3.50. The van der Waals surface area contributed by atoms with Gasteiger partial charge in [-0.3, -0.25) is 9.80 Å². The zero-order valence-corrected chi connectivity index (χ0v) is 19.2. The van der Waals surface area contributed by atoms with E-state index < -0.39 is 0 Å². The van der Waals surface area contributed by atoms with Crippen molar-refractivity contribution in [1.29, 1.82) is 0 Å². The lowest BCUT2D eigenvalue weighted by molar-refractivity contribution is 0.0398. The molecule has 0 saturated carbocycles. The van der Waals surface area contributed by atoms with Gasteiger partial charge in [-0.05, 0) is 17.7 Å². The standard InChI is InChI=1S/C23H30N8O3/c1-2-18-19(34-16-33-18)13-17(1)14-30-5-7-31(8-6-30)23-27-21(20-22(28-23)26-15-25-20)24-3-4-29-9-11-32-12-10-29/h1-2,13,15H,3-12,14,16H2,(H2,24,25,26,27,28). The molecule has 3 aliphatic rings. The van der Waals surface area contributed by atoms with E-state index in [1.807, 2.05) is 6.07 Å². The fraction of sp³-hybridized carbons (Fsp3) is 0.522. The number of benzene rings is 1. The number of rotatable bonds is 7. The van der Waals surface area contributed by atoms with Crippen molar-refractivity contribution in [2.24, 2.45) is 0 Å². The van der Waals surface area contributed by atoms with Crippen LogP contribution in [0.25, 0.3) is 11.2 Å². The minimum absolute atomic E-state index is 0.307. The summed E-state index contributed by atoms with van der Waals surface area (Å²) in [6.45, 7) is 10.2. The maximum absolute atomic E-state index is 5.52. The van der Waals surface area contributed by atoms with E-state index in [1.165, 1.54) is 5.56 Å². The van der Waals surface area contributed by atoms with E-state index in [4.69, 9.17) is 24.2 Å². The predicted molar refractivity (Wildman–Crippen MR) is 127 cm³/mol. The first-order chi connectivity index (χ1) is 16.8. The number of anilines is 2. The number of morpholine rings is 1. The average Bonchev–Trinajstić information content (AvgIpc) is 3.54. The molecule has 5 heterocycles. The van der Waals surface area contributed by atoms with Crippen LogP contribution in [0.3, 0.4) is 0 Å². The van der Waals surface area contributed by atoms with Crippen LogP contribution in [0.4, 0.5) is 11.8 Å². The third kappa shape index (κ3) is 4.59. The van der Waals surface area contributed by atoms with Crippen LogP contribution in [0.1, 0.15) is 5.56 Å². The second kappa shape index (κ2) is 9.61. The summed E-state index contributed by atoms with van der Waals surface area (Å²) in [4.78, 5) is 24.3. The van der Waals surface area contributed by atoms with Crippen molar-refractivity contribution in [1.82, 2.24) is 29.7 Å². The van der Waals surface area contributed by atoms with E-state index in [0.29, 0.717) is 12.4 Å². The molecule has 0 atom stereocenters. The summed E-state index contributed by atoms with van der Waals surface area (Å²) < 4.78 is 16.4. The lowest BCUT2D eigenvalue weighted by Crippen LogP contribution is -2.46. The first kappa shape index (κ1) is 21.4. The van der Waals surface area contributed by atoms with Gasteiger partial charge in [0.25, 0.3) is 0 Å². The Hall–Kier alpha value is -3.15. The Labute approximate surface area is 198 Å². The molecule has 34 heavy (non-hydrogen) atoms. The van der Waals surface area contributed by atoms with Crippen molar-refractivity contribution < 1.29 is 14.2 Å². The molecule has 0 unspecified atom stereocenters. The number of nitrogens with zero attached hydrogens (tertiary/aromatic N) is 6. The number of imidazole rings is 1. The van der Waals surface area contributed by atoms with Crippen LogP contribution in [0.5, 0.6) is 11.5 Å². The maximum Gasteiger partial charge on any atom is 0.231 e. The van der Waals surface area contributed by atoms with E-state index >= 15 is 0 Å². The lowest BCUT2D eigenvalue weighted by Gasteiger charge is -2.34. The number of nitrogens with one attached hydrogen (secondary N) is 2. The summed E-state index contributed by atoms with van der Waals surface area (Å²) in [5.41, 5.74) is 2.78. The van der Waals surface area contributed by atoms with Gasteiger partial charge in [0.2, 0.25) is 12.7 Å². The van der Waals surface area contributed by atoms with Crippen LogP contribution in [0.15, 0.2) is 24.5 Å². The molecule has 6 rings (SSSR count). The summed E-state index contributed by atoms with van der Waals surface area (Å²) in [6, 6.07) is 6.19. The van der Waals surface area contributed by atoms with Gasteiger partial charge in [0.1, 0.15) is 5.52 Å². The summed E-state index contributed by atoms with van der Waals surface area (Å²) in [7, 11) is 0. The molecule has 0 spiro atoms. The van der Waals surface area contributed by atoms with Crippen molar-refractivity contribution in [3.63, 3.8) is 0 Å². The van der Waals surface area contributed by atoms with E-state index in [1.54, 1.807) is 6.33 Å². The van der Waals surface area contributed by atoms with E-state index in [-0.39, 0.29) is 0 Å². The largest absolute Gasteiger partial charge is 0.454 e. The molecular weight excluding hydrogens is 436 g/mol. The molecule has 1 aromatic carbocycles. The highest BCUT2D eigenvalue weighted by molar-refractivity contribution is 5.83. The third-order valence-corrected chi connectivity index (χ3v) is 6.60. The molecule has 11 heteroatoms. The van der Waals surface area contributed by atoms with Gasteiger partial charge < -0.3 is 29.4 Å². The van der Waals surface area contributed by atoms with Gasteiger partial charge in [-0.15, -0.1) is 0 Å². The van der Waals surface area contributed by atoms with Crippen molar-refractivity contribution in [3.05, 3.63) is 30.1 Å². The molecule has 3 aromatic rings. The normalized spacial score (nSPS) is 19.1. The summed E-state index contributed by atoms with van der Waals surface area (Å²) in [5.74, 6) is 3.21. The number of H-pyrrole nitrogens is 1. The number of hydrogen-bond donors (Lipinski definition) is 2. The molecule has 180 valence electrons. The van der Waals surface area contributed by atoms with Gasteiger partial charge in [0.05, 0.1) is 19.5 Å². The number of hydrogen-bond acceptors (Lipinski definition) is 10. The van der Waals surface area contributed by atoms with Crippen LogP contribution in [-0.4, -0.2) is 102 Å². The number of ether oxygens (including phenoxy) is 3. The zero-order chi connectivity index (χ0) is 22.7. The maximum atomic E-state index is 5.52. The van der Waals surface area contributed by atoms with Crippen LogP contribution in [-0.2, 0) is 11.3 Å². The molecule has 2 fully saturated rings. The van der Waals surface area contributed by atoms with E-state index in [0.717, 1.165) is 101 Å². The Balaban J connectivity index is 1.08. The van der Waals surface area contributed by atoms with E-state index in [2.05, 4.69) is 42.1 Å². The molecule has 0 aliphatic carbocycles. The SMILES string of the molecule is c1nc2nc(N3CCN(Cc4ccc5c(c4)OCO5)CC3)nc(NCCN3CCOCC3)c2[nH]1. The van der Waals surface area contributed by atoms with Crippen LogP contribution < -0.4 is 19.7 Å². The Morgan fingerprint density at radius 1 is 0.941 bits per heavy atom. The molecule has 0 radical (unpaired) electrons. The molecule has 2 saturated heterocycles. The van der Waals surface area contributed by atoms with Gasteiger partial charge in [0.15, 0.2) is 23.0 Å². The molecule has 2 N–H and O–H groups in total. The molecule has 3 aliphatic heterocycles. The van der Waals surface area contributed by atoms with E-state index in [9.17, 15) is 0 Å². The zero-order valence-electron chi connectivity index (χ0n) is 19.2. The summed E-state index contributed by atoms with van der Waals surface area (Å²) >= 11 is 0. The lowest BCUT2D eigenvalue weighted by atomic mass is 10.1. The molecule has 11 nitrogen and oxygen atoms in total. The van der Waals surface area contributed by atoms with Gasteiger partial charge in [0, 0.05) is 58.9 Å².